The van der Waals surface area contributed by atoms with Crippen molar-refractivity contribution in [1.82, 2.24) is 10.3 Å². The van der Waals surface area contributed by atoms with Crippen LogP contribution in [-0.4, -0.2) is 72.0 Å². The number of carbonyl (C=O) groups excluding carboxylic acids is 5. The van der Waals surface area contributed by atoms with E-state index in [0.29, 0.717) is 0 Å². The first-order valence-electron chi connectivity index (χ1n) is 9.61. The summed E-state index contributed by atoms with van der Waals surface area (Å²) in [5.74, 6) is -3.60. The van der Waals surface area contributed by atoms with Crippen LogP contribution in [0.1, 0.15) is 38.2 Å². The van der Waals surface area contributed by atoms with Crippen LogP contribution >= 0.6 is 0 Å². The van der Waals surface area contributed by atoms with Gasteiger partial charge >= 0.3 is 23.9 Å². The topological polar surface area (TPSA) is 156 Å². The summed E-state index contributed by atoms with van der Waals surface area (Å²) in [6, 6.07) is 3.35. The molecule has 0 unspecified atom stereocenters. The minimum absolute atomic E-state index is 0.0294. The second-order valence-electron chi connectivity index (χ2n) is 6.82. The Morgan fingerprint density at radius 2 is 1.53 bits per heavy atom. The number of carbonyl (C=O) groups is 5. The molecule has 1 aliphatic rings. The van der Waals surface area contributed by atoms with Gasteiger partial charge in [-0.1, -0.05) is 6.07 Å². The van der Waals surface area contributed by atoms with Crippen molar-refractivity contribution in [2.24, 2.45) is 0 Å². The van der Waals surface area contributed by atoms with Gasteiger partial charge in [0.15, 0.2) is 12.2 Å². The number of hydrogen-bond donors (Lipinski definition) is 1. The van der Waals surface area contributed by atoms with E-state index in [1.807, 2.05) is 0 Å². The first-order chi connectivity index (χ1) is 15.1. The lowest BCUT2D eigenvalue weighted by molar-refractivity contribution is -0.270. The van der Waals surface area contributed by atoms with Crippen molar-refractivity contribution >= 4 is 29.8 Å². The molecule has 0 bridgehead atoms. The Bertz CT molecular complexity index is 859. The quantitative estimate of drug-likeness (QED) is 0.435. The molecular formula is C20H24N2O10. The lowest BCUT2D eigenvalue weighted by Gasteiger charge is -2.44. The highest BCUT2D eigenvalue weighted by molar-refractivity contribution is 5.92. The maximum absolute atomic E-state index is 12.7. The van der Waals surface area contributed by atoms with Crippen LogP contribution in [0.5, 0.6) is 0 Å². The van der Waals surface area contributed by atoms with Crippen LogP contribution in [0, 0.1) is 0 Å². The minimum atomic E-state index is -1.46. The highest BCUT2D eigenvalue weighted by Gasteiger charge is 2.52. The molecular weight excluding hydrogens is 428 g/mol. The van der Waals surface area contributed by atoms with Gasteiger partial charge in [-0.05, 0) is 12.1 Å². The molecule has 2 rings (SSSR count). The van der Waals surface area contributed by atoms with Crippen molar-refractivity contribution in [1.29, 1.82) is 0 Å². The Hall–Kier alpha value is -3.54. The lowest BCUT2D eigenvalue weighted by Crippen LogP contribution is -2.67. The predicted octanol–water partition coefficient (Wildman–Crippen LogP) is -0.105. The molecule has 0 radical (unpaired) electrons. The molecule has 0 spiro atoms. The lowest BCUT2D eigenvalue weighted by atomic mass is 9.96. The van der Waals surface area contributed by atoms with Gasteiger partial charge in [0.2, 0.25) is 6.29 Å². The van der Waals surface area contributed by atoms with Crippen LogP contribution in [0.15, 0.2) is 24.4 Å². The first kappa shape index (κ1) is 24.7. The Labute approximate surface area is 183 Å². The maximum Gasteiger partial charge on any atom is 0.305 e. The van der Waals surface area contributed by atoms with Crippen LogP contribution in [-0.2, 0) is 42.9 Å². The molecule has 5 atom stereocenters. The molecule has 1 aromatic heterocycles. The van der Waals surface area contributed by atoms with Gasteiger partial charge in [-0.3, -0.25) is 29.0 Å². The fourth-order valence-corrected chi connectivity index (χ4v) is 3.04. The van der Waals surface area contributed by atoms with Gasteiger partial charge in [0.1, 0.15) is 24.4 Å². The van der Waals surface area contributed by atoms with E-state index in [2.05, 4.69) is 10.3 Å². The molecule has 1 aliphatic heterocycles. The summed E-state index contributed by atoms with van der Waals surface area (Å²) in [7, 11) is 0. The van der Waals surface area contributed by atoms with Gasteiger partial charge in [-0.25, -0.2) is 0 Å². The monoisotopic (exact) mass is 452 g/mol. The van der Waals surface area contributed by atoms with Gasteiger partial charge in [0.25, 0.3) is 5.91 Å². The minimum Gasteiger partial charge on any atom is -0.463 e. The van der Waals surface area contributed by atoms with E-state index in [0.717, 1.165) is 27.7 Å². The molecule has 12 nitrogen and oxygen atoms in total. The van der Waals surface area contributed by atoms with Crippen molar-refractivity contribution in [3.8, 4) is 0 Å². The van der Waals surface area contributed by atoms with E-state index in [4.69, 9.17) is 23.7 Å². The van der Waals surface area contributed by atoms with Crippen molar-refractivity contribution < 1.29 is 47.7 Å². The van der Waals surface area contributed by atoms with Crippen LogP contribution in [0.25, 0.3) is 0 Å². The smallest absolute Gasteiger partial charge is 0.305 e. The van der Waals surface area contributed by atoms with E-state index >= 15 is 0 Å². The molecule has 12 heteroatoms. The third-order valence-corrected chi connectivity index (χ3v) is 4.18. The molecule has 2 heterocycles. The van der Waals surface area contributed by atoms with Crippen molar-refractivity contribution in [3.05, 3.63) is 30.1 Å². The zero-order valence-electron chi connectivity index (χ0n) is 17.9. The van der Waals surface area contributed by atoms with Crippen LogP contribution < -0.4 is 5.32 Å². The van der Waals surface area contributed by atoms with Gasteiger partial charge in [0.05, 0.1) is 0 Å². The number of ether oxygens (including phenoxy) is 5. The van der Waals surface area contributed by atoms with E-state index in [1.54, 1.807) is 12.1 Å². The molecule has 1 saturated heterocycles. The SMILES string of the molecule is CC(=O)OC[C@@H]1O[C@H](OC(C)=O)[C@H](NC(=O)c2ccccn2)[C@H](OC(C)=O)[C@@H]1OC(C)=O. The predicted molar refractivity (Wildman–Crippen MR) is 104 cm³/mol. The largest absolute Gasteiger partial charge is 0.463 e. The second kappa shape index (κ2) is 11.2. The number of amides is 1. The number of hydrogen-bond acceptors (Lipinski definition) is 11. The summed E-state index contributed by atoms with van der Waals surface area (Å²) in [5, 5.41) is 2.55. The van der Waals surface area contributed by atoms with Gasteiger partial charge in [-0.15, -0.1) is 0 Å². The Balaban J connectivity index is 2.44. The third kappa shape index (κ3) is 7.01. The second-order valence-corrected chi connectivity index (χ2v) is 6.82. The van der Waals surface area contributed by atoms with Crippen molar-refractivity contribution in [2.45, 2.75) is 58.3 Å². The number of rotatable bonds is 7. The zero-order chi connectivity index (χ0) is 23.8. The molecule has 1 fully saturated rings. The van der Waals surface area contributed by atoms with E-state index < -0.39 is 67.0 Å². The first-order valence-corrected chi connectivity index (χ1v) is 9.61. The fraction of sp³-hybridized carbons (Fsp3) is 0.500. The van der Waals surface area contributed by atoms with E-state index in [-0.39, 0.29) is 5.69 Å². The molecule has 0 aromatic carbocycles. The summed E-state index contributed by atoms with van der Waals surface area (Å²) >= 11 is 0. The highest BCUT2D eigenvalue weighted by Crippen LogP contribution is 2.28. The average Bonchev–Trinajstić information content (AvgIpc) is 2.70. The number of nitrogens with zero attached hydrogens (tertiary/aromatic N) is 1. The van der Waals surface area contributed by atoms with Gasteiger partial charge in [0, 0.05) is 33.9 Å². The molecule has 1 amide bonds. The molecule has 0 saturated carbocycles. The third-order valence-electron chi connectivity index (χ3n) is 4.18. The van der Waals surface area contributed by atoms with Crippen molar-refractivity contribution in [3.63, 3.8) is 0 Å². The summed E-state index contributed by atoms with van der Waals surface area (Å²) in [4.78, 5) is 63.2. The van der Waals surface area contributed by atoms with Gasteiger partial charge in [-0.2, -0.15) is 0 Å². The van der Waals surface area contributed by atoms with E-state index in [1.165, 1.54) is 12.3 Å². The Kier molecular flexibility index (Phi) is 8.64. The molecule has 32 heavy (non-hydrogen) atoms. The highest BCUT2D eigenvalue weighted by atomic mass is 16.7. The van der Waals surface area contributed by atoms with Gasteiger partial charge < -0.3 is 29.0 Å². The standard InChI is InChI=1S/C20H24N2O10/c1-10(23)28-9-15-17(29-11(2)24)18(30-12(3)25)16(20(32-15)31-13(4)26)22-19(27)14-7-5-6-8-21-14/h5-8,15-18,20H,9H2,1-4H3,(H,22,27)/t15-,16+,17+,18-,20-/m0/s1. The van der Waals surface area contributed by atoms with Crippen LogP contribution in [0.4, 0.5) is 0 Å². The fourth-order valence-electron chi connectivity index (χ4n) is 3.04. The Morgan fingerprint density at radius 3 is 2.06 bits per heavy atom. The Morgan fingerprint density at radius 1 is 0.906 bits per heavy atom. The molecule has 1 N–H and O–H groups in total. The maximum atomic E-state index is 12.7. The summed E-state index contributed by atoms with van der Waals surface area (Å²) in [6.45, 7) is 4.10. The van der Waals surface area contributed by atoms with Crippen molar-refractivity contribution in [2.75, 3.05) is 6.61 Å². The zero-order valence-corrected chi connectivity index (χ0v) is 17.9. The van der Waals surface area contributed by atoms with E-state index in [9.17, 15) is 24.0 Å². The normalized spacial score (nSPS) is 24.6. The molecule has 174 valence electrons. The average molecular weight is 452 g/mol. The summed E-state index contributed by atoms with van der Waals surface area (Å²) < 4.78 is 26.4. The summed E-state index contributed by atoms with van der Waals surface area (Å²) in [6.07, 6.45) is -3.87. The number of esters is 4. The molecule has 0 aliphatic carbocycles. The van der Waals surface area contributed by atoms with Crippen LogP contribution in [0.3, 0.4) is 0 Å². The number of aromatic nitrogens is 1. The van der Waals surface area contributed by atoms with Crippen LogP contribution in [0.2, 0.25) is 0 Å². The number of nitrogens with one attached hydrogen (secondary N) is 1. The number of pyridine rings is 1. The summed E-state index contributed by atoms with van der Waals surface area (Å²) in [5.41, 5.74) is 0.0294. The molecule has 1 aromatic rings.